The van der Waals surface area contributed by atoms with Gasteiger partial charge in [-0.05, 0) is 53.2 Å². The minimum atomic E-state index is -0.389. The molecule has 0 aromatic heterocycles. The van der Waals surface area contributed by atoms with Crippen molar-refractivity contribution in [1.82, 2.24) is 4.90 Å². The molecule has 2 aromatic rings. The molecular formula is C17H10Cl2FNO2S. The molecule has 2 aromatic carbocycles. The molecule has 0 N–H and O–H groups in total. The number of carbonyl (C=O) groups excluding carboxylic acids is 2. The van der Waals surface area contributed by atoms with Gasteiger partial charge in [0, 0.05) is 0 Å². The Balaban J connectivity index is 1.81. The zero-order valence-electron chi connectivity index (χ0n) is 12.1. The fourth-order valence-corrected chi connectivity index (χ4v) is 3.33. The topological polar surface area (TPSA) is 37.4 Å². The van der Waals surface area contributed by atoms with Gasteiger partial charge >= 0.3 is 0 Å². The van der Waals surface area contributed by atoms with Crippen LogP contribution in [-0.2, 0) is 11.3 Å². The second-order valence-electron chi connectivity index (χ2n) is 5.07. The van der Waals surface area contributed by atoms with E-state index in [0.717, 1.165) is 16.7 Å². The van der Waals surface area contributed by atoms with Gasteiger partial charge < -0.3 is 0 Å². The fourth-order valence-electron chi connectivity index (χ4n) is 2.17. The Labute approximate surface area is 152 Å². The summed E-state index contributed by atoms with van der Waals surface area (Å²) >= 11 is 12.7. The first-order valence-corrected chi connectivity index (χ1v) is 8.46. The minimum absolute atomic E-state index is 0.113. The highest BCUT2D eigenvalue weighted by Gasteiger charge is 2.35. The van der Waals surface area contributed by atoms with Crippen molar-refractivity contribution in [2.75, 3.05) is 0 Å². The average Bonchev–Trinajstić information content (AvgIpc) is 2.81. The van der Waals surface area contributed by atoms with Crippen LogP contribution in [0, 0.1) is 5.82 Å². The van der Waals surface area contributed by atoms with Gasteiger partial charge in [0.25, 0.3) is 11.1 Å². The molecule has 3 nitrogen and oxygen atoms in total. The SMILES string of the molecule is O=C1S/C(=C\c2ccc(F)cc2)C(=O)N1Cc1ccc(Cl)c(Cl)c1. The molecule has 1 heterocycles. The molecule has 1 aliphatic heterocycles. The number of thioether (sulfide) groups is 1. The third-order valence-electron chi connectivity index (χ3n) is 3.37. The van der Waals surface area contributed by atoms with Crippen molar-refractivity contribution in [2.24, 2.45) is 0 Å². The van der Waals surface area contributed by atoms with Gasteiger partial charge in [0.15, 0.2) is 0 Å². The Morgan fingerprint density at radius 1 is 1.04 bits per heavy atom. The van der Waals surface area contributed by atoms with Gasteiger partial charge in [-0.2, -0.15) is 0 Å². The highest BCUT2D eigenvalue weighted by atomic mass is 35.5. The molecule has 0 radical (unpaired) electrons. The first kappa shape index (κ1) is 17.0. The zero-order valence-corrected chi connectivity index (χ0v) is 14.5. The van der Waals surface area contributed by atoms with E-state index in [1.54, 1.807) is 36.4 Å². The van der Waals surface area contributed by atoms with E-state index in [9.17, 15) is 14.0 Å². The Morgan fingerprint density at radius 3 is 2.42 bits per heavy atom. The van der Waals surface area contributed by atoms with Crippen LogP contribution in [-0.4, -0.2) is 16.0 Å². The van der Waals surface area contributed by atoms with Crippen molar-refractivity contribution in [3.05, 3.63) is 74.4 Å². The first-order valence-electron chi connectivity index (χ1n) is 6.89. The number of amides is 2. The Hall–Kier alpha value is -1.82. The summed E-state index contributed by atoms with van der Waals surface area (Å²) < 4.78 is 12.9. The van der Waals surface area contributed by atoms with E-state index in [1.807, 2.05) is 0 Å². The van der Waals surface area contributed by atoms with Gasteiger partial charge in [-0.3, -0.25) is 14.5 Å². The second-order valence-corrected chi connectivity index (χ2v) is 6.88. The number of nitrogens with zero attached hydrogens (tertiary/aromatic N) is 1. The van der Waals surface area contributed by atoms with Gasteiger partial charge in [0.2, 0.25) is 0 Å². The van der Waals surface area contributed by atoms with Crippen molar-refractivity contribution < 1.29 is 14.0 Å². The molecule has 122 valence electrons. The van der Waals surface area contributed by atoms with E-state index in [-0.39, 0.29) is 23.5 Å². The lowest BCUT2D eigenvalue weighted by Crippen LogP contribution is -2.27. The van der Waals surface area contributed by atoms with Crippen LogP contribution in [0.3, 0.4) is 0 Å². The third-order valence-corrected chi connectivity index (χ3v) is 5.01. The molecular weight excluding hydrogens is 372 g/mol. The number of rotatable bonds is 3. The number of carbonyl (C=O) groups is 2. The van der Waals surface area contributed by atoms with Crippen molar-refractivity contribution in [2.45, 2.75) is 6.54 Å². The Kier molecular flexibility index (Phi) is 4.94. The van der Waals surface area contributed by atoms with Crippen molar-refractivity contribution >= 4 is 52.2 Å². The molecule has 24 heavy (non-hydrogen) atoms. The van der Waals surface area contributed by atoms with Crippen LogP contribution in [0.2, 0.25) is 10.0 Å². The predicted molar refractivity (Wildman–Crippen MR) is 94.4 cm³/mol. The molecule has 3 rings (SSSR count). The van der Waals surface area contributed by atoms with Crippen LogP contribution in [0.1, 0.15) is 11.1 Å². The smallest absolute Gasteiger partial charge is 0.268 e. The van der Waals surface area contributed by atoms with E-state index in [1.165, 1.54) is 12.1 Å². The summed E-state index contributed by atoms with van der Waals surface area (Å²) in [6.07, 6.45) is 1.57. The first-order chi connectivity index (χ1) is 11.4. The third kappa shape index (κ3) is 3.64. The largest absolute Gasteiger partial charge is 0.293 e. The Bertz CT molecular complexity index is 852. The lowest BCUT2D eigenvalue weighted by atomic mass is 10.2. The lowest BCUT2D eigenvalue weighted by molar-refractivity contribution is -0.123. The summed E-state index contributed by atoms with van der Waals surface area (Å²) in [6, 6.07) is 10.6. The van der Waals surface area contributed by atoms with Gasteiger partial charge in [-0.1, -0.05) is 41.4 Å². The van der Waals surface area contributed by atoms with E-state index in [4.69, 9.17) is 23.2 Å². The molecule has 2 amide bonds. The summed E-state index contributed by atoms with van der Waals surface area (Å²) in [5, 5.41) is 0.410. The fraction of sp³-hybridized carbons (Fsp3) is 0.0588. The van der Waals surface area contributed by atoms with Gasteiger partial charge in [-0.25, -0.2) is 4.39 Å². The second kappa shape index (κ2) is 6.97. The molecule has 0 saturated carbocycles. The van der Waals surface area contributed by atoms with Gasteiger partial charge in [-0.15, -0.1) is 0 Å². The molecule has 0 atom stereocenters. The predicted octanol–water partition coefficient (Wildman–Crippen LogP) is 5.37. The maximum absolute atomic E-state index is 12.9. The standard InChI is InChI=1S/C17H10Cl2FNO2S/c18-13-6-3-11(7-14(13)19)9-21-16(22)15(24-17(21)23)8-10-1-4-12(20)5-2-10/h1-8H,9H2/b15-8-. The maximum atomic E-state index is 12.9. The number of imide groups is 1. The van der Waals surface area contributed by atoms with Crippen molar-refractivity contribution in [3.63, 3.8) is 0 Å². The number of hydrogen-bond acceptors (Lipinski definition) is 3. The Morgan fingerprint density at radius 2 is 1.75 bits per heavy atom. The molecule has 7 heteroatoms. The highest BCUT2D eigenvalue weighted by molar-refractivity contribution is 8.18. The van der Waals surface area contributed by atoms with E-state index in [2.05, 4.69) is 0 Å². The summed E-state index contributed by atoms with van der Waals surface area (Å²) in [7, 11) is 0. The number of halogens is 3. The maximum Gasteiger partial charge on any atom is 0.293 e. The van der Waals surface area contributed by atoms with E-state index >= 15 is 0 Å². The van der Waals surface area contributed by atoms with Crippen LogP contribution >= 0.6 is 35.0 Å². The summed E-state index contributed by atoms with van der Waals surface area (Å²) in [6.45, 7) is 0.113. The summed E-state index contributed by atoms with van der Waals surface area (Å²) in [5.41, 5.74) is 1.35. The molecule has 1 saturated heterocycles. The average molecular weight is 382 g/mol. The molecule has 0 spiro atoms. The van der Waals surface area contributed by atoms with E-state index < -0.39 is 0 Å². The summed E-state index contributed by atoms with van der Waals surface area (Å²) in [4.78, 5) is 26.0. The van der Waals surface area contributed by atoms with Crippen LogP contribution in [0.25, 0.3) is 6.08 Å². The normalized spacial score (nSPS) is 16.3. The minimum Gasteiger partial charge on any atom is -0.268 e. The number of benzene rings is 2. The van der Waals surface area contributed by atoms with Gasteiger partial charge in [0.05, 0.1) is 21.5 Å². The lowest BCUT2D eigenvalue weighted by Gasteiger charge is -2.12. The molecule has 0 bridgehead atoms. The molecule has 1 fully saturated rings. The van der Waals surface area contributed by atoms with Crippen molar-refractivity contribution in [3.8, 4) is 0 Å². The van der Waals surface area contributed by atoms with Crippen molar-refractivity contribution in [1.29, 1.82) is 0 Å². The van der Waals surface area contributed by atoms with Crippen LogP contribution in [0.4, 0.5) is 9.18 Å². The zero-order chi connectivity index (χ0) is 17.3. The van der Waals surface area contributed by atoms with Crippen LogP contribution in [0.5, 0.6) is 0 Å². The molecule has 0 aliphatic carbocycles. The van der Waals surface area contributed by atoms with Crippen LogP contribution in [0.15, 0.2) is 47.4 Å². The number of hydrogen-bond donors (Lipinski definition) is 0. The monoisotopic (exact) mass is 381 g/mol. The quantitative estimate of drug-likeness (QED) is 0.670. The van der Waals surface area contributed by atoms with Crippen LogP contribution < -0.4 is 0 Å². The highest BCUT2D eigenvalue weighted by Crippen LogP contribution is 2.34. The van der Waals surface area contributed by atoms with E-state index in [0.29, 0.717) is 26.1 Å². The molecule has 0 unspecified atom stereocenters. The summed E-state index contributed by atoms with van der Waals surface area (Å²) in [5.74, 6) is -0.750. The van der Waals surface area contributed by atoms with Gasteiger partial charge in [0.1, 0.15) is 5.82 Å². The molecule has 1 aliphatic rings.